The molecule has 3 unspecified atom stereocenters. The second-order valence-corrected chi connectivity index (χ2v) is 8.05. The highest BCUT2D eigenvalue weighted by Crippen LogP contribution is 2.46. The van der Waals surface area contributed by atoms with E-state index in [9.17, 15) is 32.3 Å². The van der Waals surface area contributed by atoms with Crippen molar-refractivity contribution in [2.75, 3.05) is 12.1 Å². The molecule has 1 aromatic carbocycles. The van der Waals surface area contributed by atoms with Crippen molar-refractivity contribution < 1.29 is 27.5 Å². The molecule has 31 heavy (non-hydrogen) atoms. The van der Waals surface area contributed by atoms with Gasteiger partial charge in [0, 0.05) is 25.7 Å². The zero-order valence-corrected chi connectivity index (χ0v) is 16.9. The van der Waals surface area contributed by atoms with E-state index in [1.807, 2.05) is 0 Å². The predicted octanol–water partition coefficient (Wildman–Crippen LogP) is 3.45. The lowest BCUT2D eigenvalue weighted by molar-refractivity contribution is -0.149. The second kappa shape index (κ2) is 7.28. The quantitative estimate of drug-likeness (QED) is 0.728. The monoisotopic (exact) mass is 439 g/mol. The van der Waals surface area contributed by atoms with Crippen molar-refractivity contribution in [1.82, 2.24) is 9.58 Å². The van der Waals surface area contributed by atoms with Gasteiger partial charge in [0.1, 0.15) is 12.0 Å². The van der Waals surface area contributed by atoms with E-state index in [-0.39, 0.29) is 24.1 Å². The molecule has 0 saturated carbocycles. The zero-order valence-electron chi connectivity index (χ0n) is 16.9. The zero-order chi connectivity index (χ0) is 22.7. The molecule has 1 aromatic heterocycles. The molecule has 2 aliphatic rings. The summed E-state index contributed by atoms with van der Waals surface area (Å²) >= 11 is 0. The summed E-state index contributed by atoms with van der Waals surface area (Å²) in [6.45, 7) is 1.50. The summed E-state index contributed by atoms with van der Waals surface area (Å²) < 4.78 is 56.0. The topological polar surface area (TPSA) is 65.8 Å². The molecule has 1 fully saturated rings. The fourth-order valence-corrected chi connectivity index (χ4v) is 4.77. The van der Waals surface area contributed by atoms with Gasteiger partial charge in [-0.2, -0.15) is 13.2 Å². The molecule has 3 atom stereocenters. The summed E-state index contributed by atoms with van der Waals surface area (Å²) in [5.41, 5.74) is -0.510. The molecule has 0 spiro atoms. The molecule has 1 saturated heterocycles. The predicted molar refractivity (Wildman–Crippen MR) is 104 cm³/mol. The van der Waals surface area contributed by atoms with Crippen molar-refractivity contribution in [2.24, 2.45) is 5.92 Å². The minimum absolute atomic E-state index is 0.167. The molecular weight excluding hydrogens is 418 g/mol. The first kappa shape index (κ1) is 21.2. The van der Waals surface area contributed by atoms with Gasteiger partial charge in [0.15, 0.2) is 11.4 Å². The first-order chi connectivity index (χ1) is 14.5. The fraction of sp³-hybridized carbons (Fsp3) is 0.429. The number of hydrogen-bond acceptors (Lipinski definition) is 4. The van der Waals surface area contributed by atoms with Crippen LogP contribution >= 0.6 is 0 Å². The van der Waals surface area contributed by atoms with Gasteiger partial charge in [0.05, 0.1) is 6.04 Å². The Morgan fingerprint density at radius 1 is 1.16 bits per heavy atom. The number of fused-ring (bicyclic) bond motifs is 3. The third-order valence-corrected chi connectivity index (χ3v) is 6.23. The van der Waals surface area contributed by atoms with Gasteiger partial charge in [-0.1, -0.05) is 12.1 Å². The molecule has 0 aliphatic carbocycles. The van der Waals surface area contributed by atoms with Crippen LogP contribution in [-0.4, -0.2) is 40.0 Å². The van der Waals surface area contributed by atoms with Gasteiger partial charge in [0.25, 0.3) is 5.91 Å². The maximum absolute atomic E-state index is 14.4. The maximum atomic E-state index is 14.4. The molecule has 166 valence electrons. The first-order valence-corrected chi connectivity index (χ1v) is 9.83. The lowest BCUT2D eigenvalue weighted by Crippen LogP contribution is -2.64. The summed E-state index contributed by atoms with van der Waals surface area (Å²) in [6.07, 6.45) is -4.47. The molecule has 0 bridgehead atoms. The van der Waals surface area contributed by atoms with Crippen LogP contribution in [0.3, 0.4) is 0 Å². The number of alkyl halides is 3. The number of hydrogen-bond donors (Lipinski definition) is 1. The molecule has 2 aromatic rings. The maximum Gasteiger partial charge on any atom is 0.389 e. The summed E-state index contributed by atoms with van der Waals surface area (Å²) in [6, 6.07) is 4.37. The Bertz CT molecular complexity index is 1100. The number of benzene rings is 1. The van der Waals surface area contributed by atoms with Crippen LogP contribution in [0.25, 0.3) is 0 Å². The van der Waals surface area contributed by atoms with E-state index in [4.69, 9.17) is 0 Å². The van der Waals surface area contributed by atoms with Crippen molar-refractivity contribution in [3.63, 3.8) is 0 Å². The van der Waals surface area contributed by atoms with Crippen LogP contribution in [0.5, 0.6) is 5.75 Å². The highest BCUT2D eigenvalue weighted by atomic mass is 19.4. The van der Waals surface area contributed by atoms with E-state index in [1.54, 1.807) is 11.1 Å². The Morgan fingerprint density at radius 2 is 1.87 bits per heavy atom. The number of nitrogens with zero attached hydrogens (tertiary/aromatic N) is 3. The van der Waals surface area contributed by atoms with Crippen LogP contribution in [-0.2, 0) is 0 Å². The van der Waals surface area contributed by atoms with Gasteiger partial charge < -0.3 is 10.0 Å². The third-order valence-electron chi connectivity index (χ3n) is 6.23. The van der Waals surface area contributed by atoms with Gasteiger partial charge in [-0.3, -0.25) is 19.3 Å². The molecule has 0 radical (unpaired) electrons. The molecule has 2 aliphatic heterocycles. The number of amides is 1. The lowest BCUT2D eigenvalue weighted by atomic mass is 9.80. The minimum atomic E-state index is -4.44. The van der Waals surface area contributed by atoms with Crippen molar-refractivity contribution >= 4 is 5.91 Å². The van der Waals surface area contributed by atoms with Gasteiger partial charge in [-0.15, -0.1) is 0 Å². The molecule has 1 amide bonds. The van der Waals surface area contributed by atoms with Crippen LogP contribution in [0.15, 0.2) is 35.3 Å². The number of aromatic hydroxyl groups is 1. The number of halogens is 4. The number of pyridine rings is 1. The molecule has 10 heteroatoms. The summed E-state index contributed by atoms with van der Waals surface area (Å²) in [5, 5.41) is 11.8. The summed E-state index contributed by atoms with van der Waals surface area (Å²) in [7, 11) is 1.47. The molecule has 4 rings (SSSR count). The van der Waals surface area contributed by atoms with E-state index >= 15 is 0 Å². The molecule has 3 heterocycles. The average Bonchev–Trinajstić information content (AvgIpc) is 2.69. The van der Waals surface area contributed by atoms with Gasteiger partial charge in [-0.25, -0.2) is 4.39 Å². The van der Waals surface area contributed by atoms with E-state index in [2.05, 4.69) is 0 Å². The fourth-order valence-electron chi connectivity index (χ4n) is 4.77. The Labute approximate surface area is 175 Å². The second-order valence-electron chi connectivity index (χ2n) is 8.05. The smallest absolute Gasteiger partial charge is 0.389 e. The Balaban J connectivity index is 1.96. The average molecular weight is 439 g/mol. The largest absolute Gasteiger partial charge is 0.502 e. The highest BCUT2D eigenvalue weighted by Gasteiger charge is 2.49. The number of piperidine rings is 1. The first-order valence-electron chi connectivity index (χ1n) is 9.83. The molecule has 6 nitrogen and oxygen atoms in total. The van der Waals surface area contributed by atoms with Gasteiger partial charge >= 0.3 is 6.18 Å². The van der Waals surface area contributed by atoms with E-state index in [1.165, 1.54) is 41.9 Å². The number of carbonyl (C=O) groups is 1. The SMILES string of the molecule is Cc1c(F)cccc1C1C(CC(F)(F)F)CCC2N(C)C(=O)c3c(O)c(=O)ccn3N12. The van der Waals surface area contributed by atoms with Crippen LogP contribution in [0.2, 0.25) is 0 Å². The van der Waals surface area contributed by atoms with Gasteiger partial charge in [0.2, 0.25) is 5.43 Å². The van der Waals surface area contributed by atoms with Crippen molar-refractivity contribution in [3.05, 3.63) is 63.3 Å². The van der Waals surface area contributed by atoms with Crippen LogP contribution in [0.1, 0.15) is 46.9 Å². The Kier molecular flexibility index (Phi) is 4.98. The Hall–Kier alpha value is -3.04. The van der Waals surface area contributed by atoms with E-state index in [0.29, 0.717) is 5.56 Å². The summed E-state index contributed by atoms with van der Waals surface area (Å²) in [4.78, 5) is 26.1. The number of carbonyl (C=O) groups excluding carboxylic acids is 1. The minimum Gasteiger partial charge on any atom is -0.502 e. The molecule has 1 N–H and O–H groups in total. The van der Waals surface area contributed by atoms with Gasteiger partial charge in [-0.05, 0) is 42.9 Å². The standard InChI is InChI=1S/C21H21F4N3O3/c1-11-13(4-3-5-14(11)22)17-12(10-21(23,24)25)6-7-16-26(2)20(31)18-19(30)15(29)8-9-27(18)28(16)17/h3-5,8-9,12,16-17,30H,6-7,10H2,1-2H3. The van der Waals surface area contributed by atoms with E-state index < -0.39 is 53.6 Å². The van der Waals surface area contributed by atoms with Crippen molar-refractivity contribution in [2.45, 2.75) is 44.6 Å². The summed E-state index contributed by atoms with van der Waals surface area (Å²) in [5.74, 6) is -2.85. The van der Waals surface area contributed by atoms with Crippen LogP contribution in [0, 0.1) is 18.7 Å². The Morgan fingerprint density at radius 3 is 2.55 bits per heavy atom. The third kappa shape index (κ3) is 3.43. The molecular formula is C21H21F4N3O3. The highest BCUT2D eigenvalue weighted by molar-refractivity contribution is 5.96. The lowest BCUT2D eigenvalue weighted by Gasteiger charge is -2.54. The van der Waals surface area contributed by atoms with Crippen molar-refractivity contribution in [1.29, 1.82) is 0 Å². The number of aromatic nitrogens is 1. The van der Waals surface area contributed by atoms with E-state index in [0.717, 1.165) is 6.07 Å². The van der Waals surface area contributed by atoms with Crippen LogP contribution < -0.4 is 10.4 Å². The van der Waals surface area contributed by atoms with Crippen molar-refractivity contribution in [3.8, 4) is 5.75 Å². The number of rotatable bonds is 2. The van der Waals surface area contributed by atoms with Crippen LogP contribution in [0.4, 0.5) is 17.6 Å². The normalized spacial score (nSPS) is 23.5.